The zero-order valence-electron chi connectivity index (χ0n) is 13.0. The topological polar surface area (TPSA) is 58.2 Å². The fourth-order valence-electron chi connectivity index (χ4n) is 2.83. The smallest absolute Gasteiger partial charge is 0.227 e. The van der Waals surface area contributed by atoms with E-state index in [1.807, 2.05) is 18.2 Å². The lowest BCUT2D eigenvalue weighted by molar-refractivity contribution is -0.122. The summed E-state index contributed by atoms with van der Waals surface area (Å²) in [5.74, 6) is 0.921. The third kappa shape index (κ3) is 5.98. The van der Waals surface area contributed by atoms with Gasteiger partial charge in [0, 0.05) is 14.1 Å². The van der Waals surface area contributed by atoms with Crippen LogP contribution in [0.2, 0.25) is 0 Å². The number of carbonyl (C=O) groups excluding carboxylic acids is 2. The molecule has 0 saturated heterocycles. The summed E-state index contributed by atoms with van der Waals surface area (Å²) in [6.07, 6.45) is 6.88. The summed E-state index contributed by atoms with van der Waals surface area (Å²) in [5, 5.41) is 5.05. The van der Waals surface area contributed by atoms with Gasteiger partial charge in [-0.25, -0.2) is 0 Å². The van der Waals surface area contributed by atoms with Crippen LogP contribution in [0.1, 0.15) is 43.6 Å². The first-order valence-corrected chi connectivity index (χ1v) is 7.60. The fourth-order valence-corrected chi connectivity index (χ4v) is 2.83. The Bertz CT molecular complexity index is 414. The highest BCUT2D eigenvalue weighted by Crippen LogP contribution is 2.34. The van der Waals surface area contributed by atoms with E-state index >= 15 is 0 Å². The van der Waals surface area contributed by atoms with Gasteiger partial charge in [-0.15, -0.1) is 0 Å². The molecule has 1 unspecified atom stereocenters. The standard InChI is InChI=1S/C15H21NO.C2H5NO/c1-16-15(17)14(11-12-7-5-6-8-12)13-9-3-2-4-10-13;1-3-2-4/h2-4,9-10,12,14H,5-8,11H2,1H3,(H,16,17);2H,1H3,(H,3,4). The van der Waals surface area contributed by atoms with Gasteiger partial charge in [-0.1, -0.05) is 56.0 Å². The molecular weight excluding hydrogens is 264 g/mol. The molecule has 0 radical (unpaired) electrons. The van der Waals surface area contributed by atoms with E-state index in [1.165, 1.54) is 25.7 Å². The van der Waals surface area contributed by atoms with Crippen molar-refractivity contribution in [2.45, 2.75) is 38.0 Å². The largest absolute Gasteiger partial charge is 0.362 e. The Balaban J connectivity index is 0.000000491. The molecule has 116 valence electrons. The van der Waals surface area contributed by atoms with Crippen molar-refractivity contribution in [1.82, 2.24) is 10.6 Å². The molecule has 1 atom stereocenters. The second kappa shape index (κ2) is 9.97. The van der Waals surface area contributed by atoms with Gasteiger partial charge in [0.25, 0.3) is 0 Å². The Labute approximate surface area is 127 Å². The zero-order valence-corrected chi connectivity index (χ0v) is 13.0. The summed E-state index contributed by atoms with van der Waals surface area (Å²) in [7, 11) is 3.29. The van der Waals surface area contributed by atoms with Crippen LogP contribution >= 0.6 is 0 Å². The number of hydrogen-bond donors (Lipinski definition) is 2. The molecule has 1 fully saturated rings. The fraction of sp³-hybridized carbons (Fsp3) is 0.529. The summed E-state index contributed by atoms with van der Waals surface area (Å²) in [4.78, 5) is 21.1. The van der Waals surface area contributed by atoms with Crippen LogP contribution in [0.5, 0.6) is 0 Å². The molecule has 1 aliphatic rings. The maximum absolute atomic E-state index is 12.0. The first-order chi connectivity index (χ1) is 10.2. The average Bonchev–Trinajstić information content (AvgIpc) is 3.06. The van der Waals surface area contributed by atoms with Gasteiger partial charge in [-0.05, 0) is 17.9 Å². The summed E-state index contributed by atoms with van der Waals surface area (Å²) >= 11 is 0. The monoisotopic (exact) mass is 290 g/mol. The Hall–Kier alpha value is -1.84. The highest BCUT2D eigenvalue weighted by molar-refractivity contribution is 5.83. The lowest BCUT2D eigenvalue weighted by atomic mass is 9.87. The second-order valence-corrected chi connectivity index (χ2v) is 5.37. The van der Waals surface area contributed by atoms with Crippen molar-refractivity contribution >= 4 is 12.3 Å². The lowest BCUT2D eigenvalue weighted by Crippen LogP contribution is -2.27. The highest BCUT2D eigenvalue weighted by atomic mass is 16.1. The van der Waals surface area contributed by atoms with E-state index in [2.05, 4.69) is 22.8 Å². The minimum absolute atomic E-state index is 0.0318. The van der Waals surface area contributed by atoms with Crippen LogP contribution in [0.3, 0.4) is 0 Å². The molecule has 1 saturated carbocycles. The summed E-state index contributed by atoms with van der Waals surface area (Å²) in [6, 6.07) is 10.2. The Morgan fingerprint density at radius 3 is 2.29 bits per heavy atom. The van der Waals surface area contributed by atoms with E-state index in [1.54, 1.807) is 14.1 Å². The van der Waals surface area contributed by atoms with Crippen LogP contribution in [0.4, 0.5) is 0 Å². The number of amides is 2. The van der Waals surface area contributed by atoms with Gasteiger partial charge < -0.3 is 10.6 Å². The maximum Gasteiger partial charge on any atom is 0.227 e. The summed E-state index contributed by atoms with van der Waals surface area (Å²) in [5.41, 5.74) is 1.15. The molecule has 1 aromatic carbocycles. The zero-order chi connectivity index (χ0) is 15.5. The van der Waals surface area contributed by atoms with E-state index in [-0.39, 0.29) is 11.8 Å². The van der Waals surface area contributed by atoms with Gasteiger partial charge in [0.1, 0.15) is 0 Å². The average molecular weight is 290 g/mol. The van der Waals surface area contributed by atoms with Crippen molar-refractivity contribution in [3.8, 4) is 0 Å². The molecule has 0 aromatic heterocycles. The molecule has 4 heteroatoms. The minimum Gasteiger partial charge on any atom is -0.362 e. The van der Waals surface area contributed by atoms with Gasteiger partial charge in [0.15, 0.2) is 0 Å². The van der Waals surface area contributed by atoms with Crippen LogP contribution in [0.25, 0.3) is 0 Å². The van der Waals surface area contributed by atoms with E-state index in [0.29, 0.717) is 6.41 Å². The van der Waals surface area contributed by atoms with Gasteiger partial charge in [0.2, 0.25) is 12.3 Å². The molecule has 2 rings (SSSR count). The molecule has 2 N–H and O–H groups in total. The van der Waals surface area contributed by atoms with Crippen molar-refractivity contribution in [2.75, 3.05) is 14.1 Å². The SMILES string of the molecule is CNC(=O)C(CC1CCCC1)c1ccccc1.CNC=O. The Morgan fingerprint density at radius 1 is 1.24 bits per heavy atom. The third-order valence-electron chi connectivity index (χ3n) is 3.93. The van der Waals surface area contributed by atoms with E-state index < -0.39 is 0 Å². The van der Waals surface area contributed by atoms with Gasteiger partial charge in [0.05, 0.1) is 5.92 Å². The molecule has 0 bridgehead atoms. The number of nitrogens with one attached hydrogen (secondary N) is 2. The molecule has 1 aliphatic carbocycles. The molecule has 21 heavy (non-hydrogen) atoms. The second-order valence-electron chi connectivity index (χ2n) is 5.37. The summed E-state index contributed by atoms with van der Waals surface area (Å²) < 4.78 is 0. The Morgan fingerprint density at radius 2 is 1.81 bits per heavy atom. The third-order valence-corrected chi connectivity index (χ3v) is 3.93. The van der Waals surface area contributed by atoms with Crippen molar-refractivity contribution in [3.05, 3.63) is 35.9 Å². The number of rotatable bonds is 5. The van der Waals surface area contributed by atoms with Gasteiger partial charge in [-0.2, -0.15) is 0 Å². The van der Waals surface area contributed by atoms with Crippen LogP contribution in [0.15, 0.2) is 30.3 Å². The van der Waals surface area contributed by atoms with Crippen LogP contribution in [0, 0.1) is 5.92 Å². The Kier molecular flexibility index (Phi) is 8.17. The van der Waals surface area contributed by atoms with Crippen LogP contribution < -0.4 is 10.6 Å². The predicted octanol–water partition coefficient (Wildman–Crippen LogP) is 2.46. The minimum atomic E-state index is 0.0318. The van der Waals surface area contributed by atoms with Gasteiger partial charge in [-0.3, -0.25) is 9.59 Å². The van der Waals surface area contributed by atoms with E-state index in [0.717, 1.165) is 17.9 Å². The van der Waals surface area contributed by atoms with Crippen molar-refractivity contribution < 1.29 is 9.59 Å². The lowest BCUT2D eigenvalue weighted by Gasteiger charge is -2.19. The number of hydrogen-bond acceptors (Lipinski definition) is 2. The van der Waals surface area contributed by atoms with Crippen molar-refractivity contribution in [1.29, 1.82) is 0 Å². The molecule has 4 nitrogen and oxygen atoms in total. The van der Waals surface area contributed by atoms with E-state index in [9.17, 15) is 4.79 Å². The molecule has 1 aromatic rings. The van der Waals surface area contributed by atoms with E-state index in [4.69, 9.17) is 4.79 Å². The first kappa shape index (κ1) is 17.2. The molecule has 2 amide bonds. The van der Waals surface area contributed by atoms with Crippen LogP contribution in [-0.4, -0.2) is 26.4 Å². The molecule has 0 spiro atoms. The number of likely N-dealkylation sites (N-methyl/N-ethyl adjacent to an activating group) is 1. The molecule has 0 heterocycles. The maximum atomic E-state index is 12.0. The highest BCUT2D eigenvalue weighted by Gasteiger charge is 2.25. The van der Waals surface area contributed by atoms with Crippen LogP contribution in [-0.2, 0) is 9.59 Å². The predicted molar refractivity (Wildman–Crippen MR) is 84.9 cm³/mol. The molecular formula is C17H26N2O2. The summed E-state index contributed by atoms with van der Waals surface area (Å²) in [6.45, 7) is 0. The number of carbonyl (C=O) groups is 2. The molecule has 0 aliphatic heterocycles. The van der Waals surface area contributed by atoms with Crippen molar-refractivity contribution in [3.63, 3.8) is 0 Å². The normalized spacial score (nSPS) is 15.5. The quantitative estimate of drug-likeness (QED) is 0.818. The van der Waals surface area contributed by atoms with Crippen molar-refractivity contribution in [2.24, 2.45) is 5.92 Å². The first-order valence-electron chi connectivity index (χ1n) is 7.60. The van der Waals surface area contributed by atoms with Gasteiger partial charge >= 0.3 is 0 Å². The number of benzene rings is 1.